The molecule has 0 bridgehead atoms. The average molecular weight is 622 g/mol. The molecule has 42 heavy (non-hydrogen) atoms. The second-order valence-corrected chi connectivity index (χ2v) is 12.1. The second kappa shape index (κ2) is 13.7. The molecule has 0 spiro atoms. The van der Waals surface area contributed by atoms with Gasteiger partial charge in [-0.3, -0.25) is 19.5 Å². The number of rotatable bonds is 12. The summed E-state index contributed by atoms with van der Waals surface area (Å²) in [6, 6.07) is 18.7. The van der Waals surface area contributed by atoms with Crippen LogP contribution in [0.5, 0.6) is 11.5 Å². The maximum Gasteiger partial charge on any atom is 0.252 e. The summed E-state index contributed by atoms with van der Waals surface area (Å²) in [7, 11) is 3.13. The number of amides is 2. The number of methoxy groups -OCH3 is 2. The Labute approximate surface area is 254 Å². The third kappa shape index (κ3) is 6.66. The Kier molecular flexibility index (Phi) is 9.56. The van der Waals surface area contributed by atoms with Crippen LogP contribution in [-0.4, -0.2) is 62.5 Å². The molecule has 2 aromatic heterocycles. The Morgan fingerprint density at radius 3 is 2.60 bits per heavy atom. The van der Waals surface area contributed by atoms with E-state index in [0.29, 0.717) is 38.9 Å². The van der Waals surface area contributed by atoms with Gasteiger partial charge in [0.25, 0.3) is 5.91 Å². The van der Waals surface area contributed by atoms with Gasteiger partial charge in [0.05, 0.1) is 32.2 Å². The van der Waals surface area contributed by atoms with Gasteiger partial charge in [0.1, 0.15) is 11.5 Å². The number of thioether (sulfide) groups is 2. The first-order valence-corrected chi connectivity index (χ1v) is 15.6. The van der Waals surface area contributed by atoms with Crippen LogP contribution >= 0.6 is 34.9 Å². The quantitative estimate of drug-likeness (QED) is 0.144. The first-order valence-electron chi connectivity index (χ1n) is 12.8. The molecule has 0 fully saturated rings. The Hall–Kier alpha value is -4.14. The van der Waals surface area contributed by atoms with Crippen LogP contribution in [0.25, 0.3) is 16.5 Å². The van der Waals surface area contributed by atoms with Crippen molar-refractivity contribution in [2.24, 2.45) is 0 Å². The predicted molar refractivity (Wildman–Crippen MR) is 165 cm³/mol. The molecular weight excluding hydrogens is 595 g/mol. The fourth-order valence-corrected chi connectivity index (χ4v) is 6.56. The van der Waals surface area contributed by atoms with Gasteiger partial charge in [-0.05, 0) is 34.7 Å². The summed E-state index contributed by atoms with van der Waals surface area (Å²) >= 11 is 4.08. The van der Waals surface area contributed by atoms with Gasteiger partial charge in [-0.1, -0.05) is 78.2 Å². The van der Waals surface area contributed by atoms with Crippen molar-refractivity contribution in [3.63, 3.8) is 0 Å². The van der Waals surface area contributed by atoms with E-state index in [2.05, 4.69) is 31.0 Å². The number of ether oxygens (including phenoxy) is 2. The van der Waals surface area contributed by atoms with Crippen molar-refractivity contribution in [2.45, 2.75) is 23.0 Å². The number of nitrogens with one attached hydrogen (secondary N) is 2. The van der Waals surface area contributed by atoms with Crippen molar-refractivity contribution >= 4 is 62.6 Å². The summed E-state index contributed by atoms with van der Waals surface area (Å²) in [6.07, 6.45) is 0. The lowest BCUT2D eigenvalue weighted by Gasteiger charge is -2.15. The van der Waals surface area contributed by atoms with E-state index < -0.39 is 0 Å². The van der Waals surface area contributed by atoms with Gasteiger partial charge in [0.2, 0.25) is 11.0 Å². The van der Waals surface area contributed by atoms with Crippen LogP contribution in [0.3, 0.4) is 0 Å². The molecule has 0 unspecified atom stereocenters. The van der Waals surface area contributed by atoms with Crippen molar-refractivity contribution < 1.29 is 19.1 Å². The number of anilines is 1. The molecule has 0 radical (unpaired) electrons. The van der Waals surface area contributed by atoms with Crippen molar-refractivity contribution in [3.8, 4) is 17.2 Å². The minimum absolute atomic E-state index is 0.0443. The van der Waals surface area contributed by atoms with Crippen LogP contribution < -0.4 is 20.1 Å². The Morgan fingerprint density at radius 2 is 1.79 bits per heavy atom. The van der Waals surface area contributed by atoms with E-state index in [1.807, 2.05) is 43.3 Å². The molecule has 2 N–H and O–H groups in total. The van der Waals surface area contributed by atoms with E-state index in [9.17, 15) is 9.59 Å². The van der Waals surface area contributed by atoms with Gasteiger partial charge < -0.3 is 14.8 Å². The van der Waals surface area contributed by atoms with Crippen molar-refractivity contribution in [1.82, 2.24) is 30.3 Å². The molecule has 0 aliphatic rings. The number of nitrogens with zero attached hydrogens (tertiary/aromatic N) is 5. The normalized spacial score (nSPS) is 10.9. The third-order valence-corrected chi connectivity index (χ3v) is 8.80. The summed E-state index contributed by atoms with van der Waals surface area (Å²) in [5, 5.41) is 25.3. The Bertz CT molecular complexity index is 1720. The summed E-state index contributed by atoms with van der Waals surface area (Å²) in [5.74, 6) is 1.99. The maximum absolute atomic E-state index is 13.3. The van der Waals surface area contributed by atoms with Crippen LogP contribution in [0, 0.1) is 0 Å². The standard InChI is InChI=1S/C28H27N7O4S3/c1-4-40-28-34-32-26(42-28)30-24(36)16-41-27-33-31-23(35(27)21-14-18(38-2)12-13-22(21)39-3)15-29-25(37)20-11-7-9-17-8-5-6-10-19(17)20/h5-14H,4,15-16H2,1-3H3,(H,29,37)(H,30,32,36). The van der Waals surface area contributed by atoms with Crippen molar-refractivity contribution in [2.75, 3.05) is 31.0 Å². The molecule has 0 atom stereocenters. The van der Waals surface area contributed by atoms with Crippen molar-refractivity contribution in [3.05, 3.63) is 72.1 Å². The summed E-state index contributed by atoms with van der Waals surface area (Å²) in [4.78, 5) is 26.0. The van der Waals surface area contributed by atoms with Crippen LogP contribution in [-0.2, 0) is 11.3 Å². The number of aromatic nitrogens is 5. The molecule has 216 valence electrons. The summed E-state index contributed by atoms with van der Waals surface area (Å²) in [6.45, 7) is 2.10. The molecule has 5 rings (SSSR count). The molecule has 14 heteroatoms. The number of hydrogen-bond donors (Lipinski definition) is 2. The lowest BCUT2D eigenvalue weighted by atomic mass is 10.0. The van der Waals surface area contributed by atoms with E-state index in [1.165, 1.54) is 23.1 Å². The fourth-order valence-electron chi connectivity index (χ4n) is 4.13. The number of hydrogen-bond acceptors (Lipinski definition) is 11. The first-order chi connectivity index (χ1) is 20.5. The van der Waals surface area contributed by atoms with Gasteiger partial charge in [0, 0.05) is 11.6 Å². The Balaban J connectivity index is 1.39. The highest BCUT2D eigenvalue weighted by molar-refractivity contribution is 8.01. The monoisotopic (exact) mass is 621 g/mol. The van der Waals surface area contributed by atoms with Gasteiger partial charge in [-0.15, -0.1) is 20.4 Å². The fraction of sp³-hybridized carbons (Fsp3) is 0.214. The summed E-state index contributed by atoms with van der Waals surface area (Å²) in [5.41, 5.74) is 1.16. The molecule has 2 heterocycles. The van der Waals surface area contributed by atoms with E-state index in [4.69, 9.17) is 9.47 Å². The van der Waals surface area contributed by atoms with E-state index in [0.717, 1.165) is 20.9 Å². The highest BCUT2D eigenvalue weighted by atomic mass is 32.2. The van der Waals surface area contributed by atoms with E-state index >= 15 is 0 Å². The topological polar surface area (TPSA) is 133 Å². The van der Waals surface area contributed by atoms with Crippen LogP contribution in [0.4, 0.5) is 5.13 Å². The molecule has 2 amide bonds. The van der Waals surface area contributed by atoms with Crippen molar-refractivity contribution in [1.29, 1.82) is 0 Å². The molecule has 0 aliphatic heterocycles. The van der Waals surface area contributed by atoms with Gasteiger partial charge >= 0.3 is 0 Å². The SMILES string of the molecule is CCSc1nnc(NC(=O)CSc2nnc(CNC(=O)c3cccc4ccccc34)n2-c2cc(OC)ccc2OC)s1. The first kappa shape index (κ1) is 29.4. The van der Waals surface area contributed by atoms with Crippen LogP contribution in [0.1, 0.15) is 23.1 Å². The smallest absolute Gasteiger partial charge is 0.252 e. The van der Waals surface area contributed by atoms with Gasteiger partial charge in [-0.2, -0.15) is 0 Å². The molecule has 0 saturated heterocycles. The zero-order valence-corrected chi connectivity index (χ0v) is 25.4. The minimum atomic E-state index is -0.262. The number of benzene rings is 3. The lowest BCUT2D eigenvalue weighted by molar-refractivity contribution is -0.113. The second-order valence-electron chi connectivity index (χ2n) is 8.62. The lowest BCUT2D eigenvalue weighted by Crippen LogP contribution is -2.25. The highest BCUT2D eigenvalue weighted by Crippen LogP contribution is 2.32. The number of carbonyl (C=O) groups is 2. The number of fused-ring (bicyclic) bond motifs is 1. The molecule has 0 saturated carbocycles. The van der Waals surface area contributed by atoms with E-state index in [1.54, 1.807) is 54.8 Å². The highest BCUT2D eigenvalue weighted by Gasteiger charge is 2.21. The van der Waals surface area contributed by atoms with Crippen LogP contribution in [0.15, 0.2) is 70.2 Å². The molecular formula is C28H27N7O4S3. The number of carbonyl (C=O) groups excluding carboxylic acids is 2. The predicted octanol–water partition coefficient (Wildman–Crippen LogP) is 5.06. The largest absolute Gasteiger partial charge is 0.497 e. The van der Waals surface area contributed by atoms with E-state index in [-0.39, 0.29) is 24.1 Å². The molecule has 3 aromatic carbocycles. The Morgan fingerprint density at radius 1 is 0.952 bits per heavy atom. The molecule has 11 nitrogen and oxygen atoms in total. The summed E-state index contributed by atoms with van der Waals surface area (Å²) < 4.78 is 13.6. The maximum atomic E-state index is 13.3. The third-order valence-electron chi connectivity index (χ3n) is 6.02. The minimum Gasteiger partial charge on any atom is -0.497 e. The zero-order chi connectivity index (χ0) is 29.5. The van der Waals surface area contributed by atoms with Gasteiger partial charge in [0.15, 0.2) is 15.3 Å². The zero-order valence-electron chi connectivity index (χ0n) is 23.0. The molecule has 5 aromatic rings. The van der Waals surface area contributed by atoms with Crippen LogP contribution in [0.2, 0.25) is 0 Å². The van der Waals surface area contributed by atoms with Gasteiger partial charge in [-0.25, -0.2) is 0 Å². The average Bonchev–Trinajstić information content (AvgIpc) is 3.64. The molecule has 0 aliphatic carbocycles.